The second-order valence-electron chi connectivity index (χ2n) is 7.54. The quantitative estimate of drug-likeness (QED) is 0.632. The van der Waals surface area contributed by atoms with Crippen molar-refractivity contribution in [3.63, 3.8) is 0 Å². The van der Waals surface area contributed by atoms with Crippen LogP contribution in [0.1, 0.15) is 41.5 Å². The van der Waals surface area contributed by atoms with Crippen molar-refractivity contribution in [1.29, 1.82) is 0 Å². The molecule has 2 nitrogen and oxygen atoms in total. The van der Waals surface area contributed by atoms with Gasteiger partial charge in [-0.3, -0.25) is 0 Å². The minimum absolute atomic E-state index is 0.284. The third-order valence-electron chi connectivity index (χ3n) is 4.28. The summed E-state index contributed by atoms with van der Waals surface area (Å²) in [6, 6.07) is 0. The van der Waals surface area contributed by atoms with Gasteiger partial charge >= 0.3 is 0 Å². The van der Waals surface area contributed by atoms with Crippen LogP contribution in [-0.2, 0) is 9.47 Å². The first-order valence-corrected chi connectivity index (χ1v) is 6.44. The highest BCUT2D eigenvalue weighted by Gasteiger charge is 2.53. The van der Waals surface area contributed by atoms with Gasteiger partial charge < -0.3 is 9.47 Å². The Morgan fingerprint density at radius 2 is 1.00 bits per heavy atom. The molecule has 2 aliphatic heterocycles. The SMILES string of the molecule is CC(C)(C)[C@@H]1COC2C1OC[C@@H]2C(C)(C)C. The Balaban J connectivity index is 2.13. The van der Waals surface area contributed by atoms with E-state index in [0.29, 0.717) is 24.0 Å². The third-order valence-corrected chi connectivity index (χ3v) is 4.28. The van der Waals surface area contributed by atoms with Crippen LogP contribution >= 0.6 is 0 Å². The zero-order chi connectivity index (χ0) is 12.1. The van der Waals surface area contributed by atoms with E-state index in [9.17, 15) is 0 Å². The highest BCUT2D eigenvalue weighted by Crippen LogP contribution is 2.47. The molecule has 0 amide bonds. The molecule has 0 aliphatic carbocycles. The van der Waals surface area contributed by atoms with Gasteiger partial charge in [-0.1, -0.05) is 41.5 Å². The second-order valence-corrected chi connectivity index (χ2v) is 7.54. The fourth-order valence-corrected chi connectivity index (χ4v) is 2.98. The van der Waals surface area contributed by atoms with Gasteiger partial charge in [-0.25, -0.2) is 0 Å². The average Bonchev–Trinajstić information content (AvgIpc) is 2.54. The summed E-state index contributed by atoms with van der Waals surface area (Å²) in [5.74, 6) is 1.09. The van der Waals surface area contributed by atoms with Crippen LogP contribution in [0.2, 0.25) is 0 Å². The summed E-state index contributed by atoms with van der Waals surface area (Å²) >= 11 is 0. The monoisotopic (exact) mass is 226 g/mol. The maximum Gasteiger partial charge on any atom is 0.0895 e. The molecule has 2 heterocycles. The van der Waals surface area contributed by atoms with Crippen LogP contribution in [0.15, 0.2) is 0 Å². The fraction of sp³-hybridized carbons (Fsp3) is 1.00. The minimum Gasteiger partial charge on any atom is -0.375 e. The topological polar surface area (TPSA) is 18.5 Å². The van der Waals surface area contributed by atoms with Crippen molar-refractivity contribution in [2.75, 3.05) is 13.2 Å². The van der Waals surface area contributed by atoms with E-state index in [1.807, 2.05) is 0 Å². The molecule has 94 valence electrons. The lowest BCUT2D eigenvalue weighted by atomic mass is 9.73. The Morgan fingerprint density at radius 3 is 1.25 bits per heavy atom. The normalized spacial score (nSPS) is 40.1. The van der Waals surface area contributed by atoms with E-state index in [0.717, 1.165) is 13.2 Å². The van der Waals surface area contributed by atoms with Gasteiger partial charge in [0, 0.05) is 11.8 Å². The van der Waals surface area contributed by atoms with Gasteiger partial charge in [0.05, 0.1) is 25.4 Å². The van der Waals surface area contributed by atoms with Crippen LogP contribution in [0, 0.1) is 22.7 Å². The maximum atomic E-state index is 6.03. The van der Waals surface area contributed by atoms with Gasteiger partial charge in [0.25, 0.3) is 0 Å². The van der Waals surface area contributed by atoms with Crippen molar-refractivity contribution >= 4 is 0 Å². The van der Waals surface area contributed by atoms with Crippen LogP contribution in [0.5, 0.6) is 0 Å². The smallest absolute Gasteiger partial charge is 0.0895 e. The van der Waals surface area contributed by atoms with Gasteiger partial charge in [0.15, 0.2) is 0 Å². The lowest BCUT2D eigenvalue weighted by Crippen LogP contribution is -2.36. The fourth-order valence-electron chi connectivity index (χ4n) is 2.98. The molecule has 0 aromatic heterocycles. The lowest BCUT2D eigenvalue weighted by molar-refractivity contribution is 0.0228. The first kappa shape index (κ1) is 12.4. The lowest BCUT2D eigenvalue weighted by Gasteiger charge is -2.30. The standard InChI is InChI=1S/C14H26O2/c1-13(2,3)9-7-15-12-10(14(4,5)6)8-16-11(9)12/h9-12H,7-8H2,1-6H3/t9-,10+,11?,12?. The summed E-state index contributed by atoms with van der Waals surface area (Å²) in [6.07, 6.45) is 0.647. The number of hydrogen-bond donors (Lipinski definition) is 0. The molecule has 0 N–H and O–H groups in total. The second kappa shape index (κ2) is 3.71. The molecule has 0 spiro atoms. The number of fused-ring (bicyclic) bond motifs is 1. The predicted molar refractivity (Wildman–Crippen MR) is 65.4 cm³/mol. The Bertz CT molecular complexity index is 231. The summed E-state index contributed by atoms with van der Waals surface area (Å²) in [5.41, 5.74) is 0.568. The molecular formula is C14H26O2. The van der Waals surface area contributed by atoms with E-state index in [-0.39, 0.29) is 10.8 Å². The number of ether oxygens (including phenoxy) is 2. The van der Waals surface area contributed by atoms with Crippen molar-refractivity contribution in [2.45, 2.75) is 53.8 Å². The van der Waals surface area contributed by atoms with Gasteiger partial charge in [-0.15, -0.1) is 0 Å². The zero-order valence-electron chi connectivity index (χ0n) is 11.5. The van der Waals surface area contributed by atoms with Crippen molar-refractivity contribution in [1.82, 2.24) is 0 Å². The van der Waals surface area contributed by atoms with Crippen LogP contribution in [0.4, 0.5) is 0 Å². The van der Waals surface area contributed by atoms with E-state index in [2.05, 4.69) is 41.5 Å². The van der Waals surface area contributed by atoms with Crippen LogP contribution < -0.4 is 0 Å². The molecule has 0 bridgehead atoms. The molecule has 2 fully saturated rings. The predicted octanol–water partition coefficient (Wildman–Crippen LogP) is 3.11. The largest absolute Gasteiger partial charge is 0.375 e. The van der Waals surface area contributed by atoms with Gasteiger partial charge in [0.1, 0.15) is 0 Å². The van der Waals surface area contributed by atoms with Gasteiger partial charge in [0.2, 0.25) is 0 Å². The van der Waals surface area contributed by atoms with Gasteiger partial charge in [-0.05, 0) is 10.8 Å². The first-order valence-electron chi connectivity index (χ1n) is 6.44. The molecule has 2 unspecified atom stereocenters. The Labute approximate surface area is 99.7 Å². The van der Waals surface area contributed by atoms with Crippen molar-refractivity contribution < 1.29 is 9.47 Å². The molecule has 2 rings (SSSR count). The van der Waals surface area contributed by atoms with E-state index in [4.69, 9.17) is 9.47 Å². The minimum atomic E-state index is 0.284. The Hall–Kier alpha value is -0.0800. The molecule has 2 aliphatic rings. The van der Waals surface area contributed by atoms with Crippen LogP contribution in [0.25, 0.3) is 0 Å². The van der Waals surface area contributed by atoms with E-state index < -0.39 is 0 Å². The van der Waals surface area contributed by atoms with Crippen LogP contribution in [-0.4, -0.2) is 25.4 Å². The van der Waals surface area contributed by atoms with Crippen molar-refractivity contribution in [2.24, 2.45) is 22.7 Å². The Morgan fingerprint density at radius 1 is 0.688 bits per heavy atom. The molecular weight excluding hydrogens is 200 g/mol. The highest BCUT2D eigenvalue weighted by molar-refractivity contribution is 5.00. The summed E-state index contributed by atoms with van der Waals surface area (Å²) in [5, 5.41) is 0. The molecule has 0 aromatic carbocycles. The summed E-state index contributed by atoms with van der Waals surface area (Å²) in [4.78, 5) is 0. The highest BCUT2D eigenvalue weighted by atomic mass is 16.6. The van der Waals surface area contributed by atoms with E-state index in [1.165, 1.54) is 0 Å². The van der Waals surface area contributed by atoms with Crippen molar-refractivity contribution in [3.05, 3.63) is 0 Å². The zero-order valence-corrected chi connectivity index (χ0v) is 11.5. The third kappa shape index (κ3) is 2.02. The molecule has 16 heavy (non-hydrogen) atoms. The maximum absolute atomic E-state index is 6.03. The molecule has 0 aromatic rings. The number of hydrogen-bond acceptors (Lipinski definition) is 2. The van der Waals surface area contributed by atoms with Gasteiger partial charge in [-0.2, -0.15) is 0 Å². The number of rotatable bonds is 0. The summed E-state index contributed by atoms with van der Waals surface area (Å²) in [6.45, 7) is 15.5. The van der Waals surface area contributed by atoms with E-state index >= 15 is 0 Å². The van der Waals surface area contributed by atoms with Crippen LogP contribution in [0.3, 0.4) is 0 Å². The van der Waals surface area contributed by atoms with E-state index in [1.54, 1.807) is 0 Å². The molecule has 2 saturated heterocycles. The molecule has 0 radical (unpaired) electrons. The molecule has 4 atom stereocenters. The molecule has 0 saturated carbocycles. The molecule has 2 heteroatoms. The Kier molecular flexibility index (Phi) is 2.87. The first-order chi connectivity index (χ1) is 7.21. The van der Waals surface area contributed by atoms with Crippen molar-refractivity contribution in [3.8, 4) is 0 Å². The summed E-state index contributed by atoms with van der Waals surface area (Å²) < 4.78 is 12.1. The average molecular weight is 226 g/mol. The summed E-state index contributed by atoms with van der Waals surface area (Å²) in [7, 11) is 0.